The molecule has 0 aliphatic rings. The molecule has 0 aromatic heterocycles. The summed E-state index contributed by atoms with van der Waals surface area (Å²) < 4.78 is 0. The number of halogens is 2. The van der Waals surface area contributed by atoms with E-state index in [1.54, 1.807) is 18.2 Å². The molecule has 0 saturated carbocycles. The Morgan fingerprint density at radius 2 is 1.63 bits per heavy atom. The molecule has 0 N–H and O–H groups in total. The van der Waals surface area contributed by atoms with Gasteiger partial charge in [0.25, 0.3) is 0 Å². The molecule has 0 amide bonds. The van der Waals surface area contributed by atoms with Gasteiger partial charge in [-0.15, -0.1) is 0 Å². The maximum absolute atomic E-state index is 12.6. The Hall–Kier alpha value is -1.31. The zero-order chi connectivity index (χ0) is 13.8. The molecule has 0 bridgehead atoms. The fraction of sp³-hybridized carbons (Fsp3) is 0.188. The summed E-state index contributed by atoms with van der Waals surface area (Å²) in [6, 6.07) is 14.7. The highest BCUT2D eigenvalue weighted by Crippen LogP contribution is 2.27. The SMILES string of the molecule is CCC(C(=O)c1cc(Cl)cc(Cl)c1)c1ccccc1. The van der Waals surface area contributed by atoms with Crippen molar-refractivity contribution >= 4 is 29.0 Å². The molecule has 98 valence electrons. The maximum Gasteiger partial charge on any atom is 0.170 e. The zero-order valence-corrected chi connectivity index (χ0v) is 12.1. The smallest absolute Gasteiger partial charge is 0.170 e. The molecule has 0 aliphatic carbocycles. The number of rotatable bonds is 4. The molecule has 0 radical (unpaired) electrons. The van der Waals surface area contributed by atoms with Crippen molar-refractivity contribution in [3.63, 3.8) is 0 Å². The molecule has 0 fully saturated rings. The standard InChI is InChI=1S/C16H14Cl2O/c1-2-15(11-6-4-3-5-7-11)16(19)12-8-13(17)10-14(18)9-12/h3-10,15H,2H2,1H3. The topological polar surface area (TPSA) is 17.1 Å². The molecule has 19 heavy (non-hydrogen) atoms. The van der Waals surface area contributed by atoms with E-state index in [0.29, 0.717) is 15.6 Å². The van der Waals surface area contributed by atoms with Gasteiger partial charge >= 0.3 is 0 Å². The minimum Gasteiger partial charge on any atom is -0.293 e. The van der Waals surface area contributed by atoms with Crippen LogP contribution in [0.1, 0.15) is 35.2 Å². The van der Waals surface area contributed by atoms with E-state index in [1.165, 1.54) is 0 Å². The second-order valence-corrected chi connectivity index (χ2v) is 5.27. The average Bonchev–Trinajstić information content (AvgIpc) is 2.39. The minimum atomic E-state index is -0.157. The zero-order valence-electron chi connectivity index (χ0n) is 10.6. The second kappa shape index (κ2) is 6.23. The van der Waals surface area contributed by atoms with Crippen LogP contribution >= 0.6 is 23.2 Å². The summed E-state index contributed by atoms with van der Waals surface area (Å²) >= 11 is 11.9. The summed E-state index contributed by atoms with van der Waals surface area (Å²) in [7, 11) is 0. The predicted molar refractivity (Wildman–Crippen MR) is 80.3 cm³/mol. The maximum atomic E-state index is 12.6. The molecule has 0 heterocycles. The monoisotopic (exact) mass is 292 g/mol. The summed E-state index contributed by atoms with van der Waals surface area (Å²) in [5.74, 6) is -0.103. The Morgan fingerprint density at radius 1 is 1.05 bits per heavy atom. The van der Waals surface area contributed by atoms with Gasteiger partial charge in [-0.1, -0.05) is 60.5 Å². The molecule has 2 aromatic rings. The summed E-state index contributed by atoms with van der Waals surface area (Å²) in [4.78, 5) is 12.6. The van der Waals surface area contributed by atoms with E-state index < -0.39 is 0 Å². The van der Waals surface area contributed by atoms with Crippen molar-refractivity contribution in [2.45, 2.75) is 19.3 Å². The van der Waals surface area contributed by atoms with Gasteiger partial charge in [0, 0.05) is 21.5 Å². The Kier molecular flexibility index (Phi) is 4.62. The van der Waals surface area contributed by atoms with Gasteiger partial charge in [0.1, 0.15) is 0 Å². The van der Waals surface area contributed by atoms with Crippen molar-refractivity contribution < 1.29 is 4.79 Å². The summed E-state index contributed by atoms with van der Waals surface area (Å²) in [5, 5.41) is 0.970. The molecule has 1 atom stereocenters. The molecular formula is C16H14Cl2O. The largest absolute Gasteiger partial charge is 0.293 e. The van der Waals surface area contributed by atoms with Crippen LogP contribution in [-0.2, 0) is 0 Å². The van der Waals surface area contributed by atoms with Crippen molar-refractivity contribution in [1.82, 2.24) is 0 Å². The first-order chi connectivity index (χ1) is 9.11. The van der Waals surface area contributed by atoms with Crippen LogP contribution in [-0.4, -0.2) is 5.78 Å². The van der Waals surface area contributed by atoms with E-state index in [0.717, 1.165) is 12.0 Å². The van der Waals surface area contributed by atoms with Crippen LogP contribution in [0.15, 0.2) is 48.5 Å². The van der Waals surface area contributed by atoms with Crippen LogP contribution in [0.3, 0.4) is 0 Å². The predicted octanol–water partition coefficient (Wildman–Crippen LogP) is 5.37. The lowest BCUT2D eigenvalue weighted by Crippen LogP contribution is -2.12. The van der Waals surface area contributed by atoms with Crippen LogP contribution in [0.2, 0.25) is 10.0 Å². The number of ketones is 1. The Labute approximate surface area is 123 Å². The summed E-state index contributed by atoms with van der Waals surface area (Å²) in [6.07, 6.45) is 0.743. The van der Waals surface area contributed by atoms with E-state index in [9.17, 15) is 4.79 Å². The van der Waals surface area contributed by atoms with Gasteiger partial charge in [0.2, 0.25) is 0 Å². The van der Waals surface area contributed by atoms with Crippen molar-refractivity contribution in [3.8, 4) is 0 Å². The highest BCUT2D eigenvalue weighted by molar-refractivity contribution is 6.35. The number of benzene rings is 2. The first kappa shape index (κ1) is 14.1. The fourth-order valence-corrected chi connectivity index (χ4v) is 2.68. The molecule has 2 rings (SSSR count). The second-order valence-electron chi connectivity index (χ2n) is 4.39. The number of carbonyl (C=O) groups excluding carboxylic acids is 1. The van der Waals surface area contributed by atoms with Crippen molar-refractivity contribution in [2.75, 3.05) is 0 Å². The van der Waals surface area contributed by atoms with Gasteiger partial charge in [-0.25, -0.2) is 0 Å². The molecule has 1 nitrogen and oxygen atoms in total. The number of hydrogen-bond acceptors (Lipinski definition) is 1. The Morgan fingerprint density at radius 3 is 2.16 bits per heavy atom. The summed E-state index contributed by atoms with van der Waals surface area (Å²) in [5.41, 5.74) is 1.58. The normalized spacial score (nSPS) is 12.2. The van der Waals surface area contributed by atoms with Gasteiger partial charge in [-0.05, 0) is 30.2 Å². The molecule has 0 aliphatic heterocycles. The van der Waals surface area contributed by atoms with Crippen LogP contribution in [0, 0.1) is 0 Å². The molecule has 1 unspecified atom stereocenters. The van der Waals surface area contributed by atoms with Gasteiger partial charge in [0.05, 0.1) is 0 Å². The Bertz CT molecular complexity index is 558. The Balaban J connectivity index is 2.36. The molecular weight excluding hydrogens is 279 g/mol. The minimum absolute atomic E-state index is 0.0538. The van der Waals surface area contributed by atoms with Crippen LogP contribution < -0.4 is 0 Å². The quantitative estimate of drug-likeness (QED) is 0.692. The lowest BCUT2D eigenvalue weighted by molar-refractivity contribution is 0.0957. The fourth-order valence-electron chi connectivity index (χ4n) is 2.16. The van der Waals surface area contributed by atoms with Crippen LogP contribution in [0.5, 0.6) is 0 Å². The number of Topliss-reactive ketones (excluding diaryl/α,β-unsaturated/α-hetero) is 1. The van der Waals surface area contributed by atoms with E-state index in [1.807, 2.05) is 37.3 Å². The van der Waals surface area contributed by atoms with Crippen LogP contribution in [0.25, 0.3) is 0 Å². The number of hydrogen-bond donors (Lipinski definition) is 0. The van der Waals surface area contributed by atoms with E-state index >= 15 is 0 Å². The highest BCUT2D eigenvalue weighted by Gasteiger charge is 2.20. The molecule has 0 saturated heterocycles. The van der Waals surface area contributed by atoms with Crippen molar-refractivity contribution in [1.29, 1.82) is 0 Å². The lowest BCUT2D eigenvalue weighted by atomic mass is 9.89. The molecule has 2 aromatic carbocycles. The first-order valence-electron chi connectivity index (χ1n) is 6.17. The van der Waals surface area contributed by atoms with E-state index in [4.69, 9.17) is 23.2 Å². The van der Waals surface area contributed by atoms with Gasteiger partial charge in [-0.2, -0.15) is 0 Å². The van der Waals surface area contributed by atoms with Gasteiger partial charge in [-0.3, -0.25) is 4.79 Å². The third kappa shape index (κ3) is 3.37. The molecule has 0 spiro atoms. The molecule has 3 heteroatoms. The van der Waals surface area contributed by atoms with Crippen molar-refractivity contribution in [3.05, 3.63) is 69.7 Å². The van der Waals surface area contributed by atoms with E-state index in [2.05, 4.69) is 0 Å². The third-order valence-electron chi connectivity index (χ3n) is 3.07. The third-order valence-corrected chi connectivity index (χ3v) is 3.51. The summed E-state index contributed by atoms with van der Waals surface area (Å²) in [6.45, 7) is 2.00. The van der Waals surface area contributed by atoms with Crippen molar-refractivity contribution in [2.24, 2.45) is 0 Å². The lowest BCUT2D eigenvalue weighted by Gasteiger charge is -2.14. The van der Waals surface area contributed by atoms with Crippen LogP contribution in [0.4, 0.5) is 0 Å². The first-order valence-corrected chi connectivity index (χ1v) is 6.92. The van der Waals surface area contributed by atoms with E-state index in [-0.39, 0.29) is 11.7 Å². The van der Waals surface area contributed by atoms with Gasteiger partial charge < -0.3 is 0 Å². The number of carbonyl (C=O) groups is 1. The average molecular weight is 293 g/mol. The van der Waals surface area contributed by atoms with Gasteiger partial charge in [0.15, 0.2) is 5.78 Å². The highest BCUT2D eigenvalue weighted by atomic mass is 35.5.